The molecule has 0 aliphatic rings. The fraction of sp³-hybridized carbons (Fsp3) is 0.167. The van der Waals surface area contributed by atoms with Crippen molar-refractivity contribution in [2.75, 3.05) is 13.2 Å². The lowest BCUT2D eigenvalue weighted by molar-refractivity contribution is 0.0450. The summed E-state index contributed by atoms with van der Waals surface area (Å²) in [5, 5.41) is 0. The molecule has 0 atom stereocenters. The van der Waals surface area contributed by atoms with E-state index in [9.17, 15) is 9.59 Å². The molecule has 0 radical (unpaired) electrons. The summed E-state index contributed by atoms with van der Waals surface area (Å²) < 4.78 is 16.0. The molecule has 29 heavy (non-hydrogen) atoms. The highest BCUT2D eigenvalue weighted by Gasteiger charge is 2.11. The van der Waals surface area contributed by atoms with Gasteiger partial charge in [0.15, 0.2) is 0 Å². The summed E-state index contributed by atoms with van der Waals surface area (Å²) in [6, 6.07) is 21.0. The molecule has 3 aromatic rings. The lowest BCUT2D eigenvalue weighted by atomic mass is 10.1. The molecular formula is C24H22O5. The number of rotatable bonds is 7. The standard InChI is InChI=1S/C24H22O5/c1-17-8-9-20(16-18(17)2)24(26)29-22-12-10-19(11-13-22)23(25)28-15-14-27-21-6-4-3-5-7-21/h3-13,16H,14-15H2,1-2H3. The summed E-state index contributed by atoms with van der Waals surface area (Å²) in [4.78, 5) is 24.4. The minimum absolute atomic E-state index is 0.136. The number of ether oxygens (including phenoxy) is 3. The lowest BCUT2D eigenvalue weighted by Crippen LogP contribution is -2.12. The summed E-state index contributed by atoms with van der Waals surface area (Å²) in [5.74, 6) is 0.172. The molecule has 0 amide bonds. The highest BCUT2D eigenvalue weighted by molar-refractivity contribution is 5.92. The predicted molar refractivity (Wildman–Crippen MR) is 110 cm³/mol. The molecule has 0 aliphatic heterocycles. The van der Waals surface area contributed by atoms with Crippen LogP contribution in [0.15, 0.2) is 72.8 Å². The predicted octanol–water partition coefficient (Wildman–Crippen LogP) is 4.76. The lowest BCUT2D eigenvalue weighted by Gasteiger charge is -2.08. The van der Waals surface area contributed by atoms with Crippen molar-refractivity contribution in [3.63, 3.8) is 0 Å². The normalized spacial score (nSPS) is 10.3. The van der Waals surface area contributed by atoms with E-state index >= 15 is 0 Å². The van der Waals surface area contributed by atoms with Crippen molar-refractivity contribution in [1.82, 2.24) is 0 Å². The van der Waals surface area contributed by atoms with Crippen molar-refractivity contribution in [3.05, 3.63) is 95.1 Å². The smallest absolute Gasteiger partial charge is 0.343 e. The second-order valence-corrected chi connectivity index (χ2v) is 6.51. The van der Waals surface area contributed by atoms with Crippen LogP contribution in [-0.2, 0) is 4.74 Å². The van der Waals surface area contributed by atoms with Crippen LogP contribution in [0, 0.1) is 13.8 Å². The van der Waals surface area contributed by atoms with Crippen LogP contribution in [0.5, 0.6) is 11.5 Å². The molecule has 0 saturated heterocycles. The Balaban J connectivity index is 1.49. The van der Waals surface area contributed by atoms with E-state index in [2.05, 4.69) is 0 Å². The molecule has 0 N–H and O–H groups in total. The third-order valence-electron chi connectivity index (χ3n) is 4.37. The number of hydrogen-bond acceptors (Lipinski definition) is 5. The van der Waals surface area contributed by atoms with Crippen LogP contribution >= 0.6 is 0 Å². The second-order valence-electron chi connectivity index (χ2n) is 6.51. The van der Waals surface area contributed by atoms with Gasteiger partial charge in [0.25, 0.3) is 0 Å². The van der Waals surface area contributed by atoms with Crippen molar-refractivity contribution in [2.24, 2.45) is 0 Å². The summed E-state index contributed by atoms with van der Waals surface area (Å²) >= 11 is 0. The maximum atomic E-state index is 12.3. The summed E-state index contributed by atoms with van der Waals surface area (Å²) in [7, 11) is 0. The van der Waals surface area contributed by atoms with Crippen LogP contribution in [0.3, 0.4) is 0 Å². The summed E-state index contributed by atoms with van der Waals surface area (Å²) in [6.45, 7) is 4.33. The zero-order valence-electron chi connectivity index (χ0n) is 16.4. The highest BCUT2D eigenvalue weighted by Crippen LogP contribution is 2.17. The molecule has 3 rings (SSSR count). The zero-order valence-corrected chi connectivity index (χ0v) is 16.4. The Morgan fingerprint density at radius 2 is 1.38 bits per heavy atom. The number of para-hydroxylation sites is 1. The van der Waals surface area contributed by atoms with Gasteiger partial charge in [0.1, 0.15) is 24.7 Å². The number of aryl methyl sites for hydroxylation is 2. The number of carbonyl (C=O) groups excluding carboxylic acids is 2. The van der Waals surface area contributed by atoms with Crippen LogP contribution in [0.4, 0.5) is 0 Å². The van der Waals surface area contributed by atoms with Gasteiger partial charge in [0.2, 0.25) is 0 Å². The zero-order chi connectivity index (χ0) is 20.6. The van der Waals surface area contributed by atoms with E-state index in [1.807, 2.05) is 50.2 Å². The van der Waals surface area contributed by atoms with Gasteiger partial charge in [-0.3, -0.25) is 0 Å². The molecular weight excluding hydrogens is 368 g/mol. The maximum absolute atomic E-state index is 12.3. The third kappa shape index (κ3) is 5.69. The van der Waals surface area contributed by atoms with Crippen molar-refractivity contribution in [2.45, 2.75) is 13.8 Å². The molecule has 0 aromatic heterocycles. The van der Waals surface area contributed by atoms with E-state index in [0.717, 1.165) is 16.9 Å². The Hall–Kier alpha value is -3.60. The van der Waals surface area contributed by atoms with E-state index in [4.69, 9.17) is 14.2 Å². The van der Waals surface area contributed by atoms with Crippen LogP contribution in [-0.4, -0.2) is 25.2 Å². The van der Waals surface area contributed by atoms with E-state index in [0.29, 0.717) is 16.9 Å². The average Bonchev–Trinajstić information content (AvgIpc) is 2.74. The monoisotopic (exact) mass is 390 g/mol. The molecule has 0 aliphatic carbocycles. The molecule has 3 aromatic carbocycles. The number of benzene rings is 3. The van der Waals surface area contributed by atoms with Gasteiger partial charge in [0.05, 0.1) is 11.1 Å². The minimum Gasteiger partial charge on any atom is -0.490 e. The molecule has 148 valence electrons. The first-order valence-corrected chi connectivity index (χ1v) is 9.27. The van der Waals surface area contributed by atoms with Gasteiger partial charge in [-0.05, 0) is 73.5 Å². The Kier molecular flexibility index (Phi) is 6.63. The third-order valence-corrected chi connectivity index (χ3v) is 4.37. The van der Waals surface area contributed by atoms with Gasteiger partial charge in [0, 0.05) is 0 Å². The Labute approximate surface area is 169 Å². The molecule has 0 heterocycles. The minimum atomic E-state index is -0.464. The maximum Gasteiger partial charge on any atom is 0.343 e. The largest absolute Gasteiger partial charge is 0.490 e. The van der Waals surface area contributed by atoms with Crippen LogP contribution < -0.4 is 9.47 Å². The van der Waals surface area contributed by atoms with Gasteiger partial charge < -0.3 is 14.2 Å². The average molecular weight is 390 g/mol. The topological polar surface area (TPSA) is 61.8 Å². The first-order valence-electron chi connectivity index (χ1n) is 9.27. The molecule has 0 spiro atoms. The molecule has 5 heteroatoms. The Bertz CT molecular complexity index is 978. The summed E-state index contributed by atoms with van der Waals surface area (Å²) in [6.07, 6.45) is 0. The highest BCUT2D eigenvalue weighted by atomic mass is 16.6. The molecule has 0 saturated carbocycles. The Morgan fingerprint density at radius 3 is 2.07 bits per heavy atom. The van der Waals surface area contributed by atoms with Gasteiger partial charge >= 0.3 is 11.9 Å². The van der Waals surface area contributed by atoms with Gasteiger partial charge in [-0.15, -0.1) is 0 Å². The van der Waals surface area contributed by atoms with E-state index < -0.39 is 11.9 Å². The first-order chi connectivity index (χ1) is 14.0. The van der Waals surface area contributed by atoms with Crippen molar-refractivity contribution >= 4 is 11.9 Å². The fourth-order valence-corrected chi connectivity index (χ4v) is 2.59. The molecule has 0 fully saturated rings. The van der Waals surface area contributed by atoms with Crippen LogP contribution in [0.2, 0.25) is 0 Å². The van der Waals surface area contributed by atoms with Crippen LogP contribution in [0.25, 0.3) is 0 Å². The second kappa shape index (κ2) is 9.55. The van der Waals surface area contributed by atoms with E-state index in [1.54, 1.807) is 36.4 Å². The Morgan fingerprint density at radius 1 is 0.690 bits per heavy atom. The molecule has 5 nitrogen and oxygen atoms in total. The van der Waals surface area contributed by atoms with Crippen LogP contribution in [0.1, 0.15) is 31.8 Å². The number of carbonyl (C=O) groups is 2. The number of esters is 2. The SMILES string of the molecule is Cc1ccc(C(=O)Oc2ccc(C(=O)OCCOc3ccccc3)cc2)cc1C. The van der Waals surface area contributed by atoms with Crippen molar-refractivity contribution < 1.29 is 23.8 Å². The van der Waals surface area contributed by atoms with Crippen molar-refractivity contribution in [3.8, 4) is 11.5 Å². The van der Waals surface area contributed by atoms with E-state index in [1.165, 1.54) is 0 Å². The van der Waals surface area contributed by atoms with Gasteiger partial charge in [-0.25, -0.2) is 9.59 Å². The van der Waals surface area contributed by atoms with Crippen molar-refractivity contribution in [1.29, 1.82) is 0 Å². The van der Waals surface area contributed by atoms with Gasteiger partial charge in [-0.1, -0.05) is 24.3 Å². The first kappa shape index (κ1) is 20.1. The summed E-state index contributed by atoms with van der Waals surface area (Å²) in [5.41, 5.74) is 2.98. The molecule has 0 bridgehead atoms. The van der Waals surface area contributed by atoms with Gasteiger partial charge in [-0.2, -0.15) is 0 Å². The van der Waals surface area contributed by atoms with E-state index in [-0.39, 0.29) is 13.2 Å². The number of hydrogen-bond donors (Lipinski definition) is 0. The molecule has 0 unspecified atom stereocenters. The quantitative estimate of drug-likeness (QED) is 0.331. The fourth-order valence-electron chi connectivity index (χ4n) is 2.59.